The van der Waals surface area contributed by atoms with Gasteiger partial charge >= 0.3 is 7.60 Å². The lowest BCUT2D eigenvalue weighted by Crippen LogP contribution is -2.18. The maximum absolute atomic E-state index is 12.6. The van der Waals surface area contributed by atoms with Crippen LogP contribution < -0.4 is 0 Å². The standard InChI is InChI=1S/C13H16BrO3P/c1-13(2)12(14)11(18(15,16-3)17-13)9-10-7-5-4-6-8-10/h4-8H,9H2,1-3H3. The molecule has 0 bridgehead atoms. The van der Waals surface area contributed by atoms with E-state index >= 15 is 0 Å². The van der Waals surface area contributed by atoms with Crippen LogP contribution in [0.4, 0.5) is 0 Å². The van der Waals surface area contributed by atoms with Crippen molar-refractivity contribution in [2.75, 3.05) is 7.11 Å². The highest BCUT2D eigenvalue weighted by Gasteiger charge is 2.47. The smallest absolute Gasteiger partial charge is 0.309 e. The van der Waals surface area contributed by atoms with Crippen molar-refractivity contribution in [3.8, 4) is 0 Å². The molecule has 1 atom stereocenters. The first-order valence-electron chi connectivity index (χ1n) is 5.69. The lowest BCUT2D eigenvalue weighted by molar-refractivity contribution is 0.142. The van der Waals surface area contributed by atoms with Gasteiger partial charge in [0, 0.05) is 18.0 Å². The Labute approximate surface area is 116 Å². The van der Waals surface area contributed by atoms with Crippen molar-refractivity contribution < 1.29 is 13.6 Å². The van der Waals surface area contributed by atoms with E-state index in [-0.39, 0.29) is 0 Å². The number of benzene rings is 1. The predicted molar refractivity (Wildman–Crippen MR) is 75.9 cm³/mol. The van der Waals surface area contributed by atoms with Gasteiger partial charge in [-0.1, -0.05) is 46.3 Å². The molecule has 0 aromatic heterocycles. The first kappa shape index (κ1) is 14.0. The summed E-state index contributed by atoms with van der Waals surface area (Å²) in [4.78, 5) is 0. The van der Waals surface area contributed by atoms with Gasteiger partial charge in [0.25, 0.3) is 0 Å². The normalized spacial score (nSPS) is 26.7. The summed E-state index contributed by atoms with van der Waals surface area (Å²) >= 11 is 3.50. The highest BCUT2D eigenvalue weighted by Crippen LogP contribution is 2.67. The average Bonchev–Trinajstić information content (AvgIpc) is 2.51. The van der Waals surface area contributed by atoms with Crippen molar-refractivity contribution in [3.05, 3.63) is 45.7 Å². The Morgan fingerprint density at radius 1 is 1.33 bits per heavy atom. The van der Waals surface area contributed by atoms with E-state index in [4.69, 9.17) is 9.05 Å². The molecule has 18 heavy (non-hydrogen) atoms. The molecule has 1 unspecified atom stereocenters. The second-order valence-electron chi connectivity index (χ2n) is 4.70. The van der Waals surface area contributed by atoms with Crippen LogP contribution in [0.25, 0.3) is 0 Å². The molecule has 0 N–H and O–H groups in total. The molecule has 0 fully saturated rings. The molecule has 2 rings (SSSR count). The molecule has 1 aromatic rings. The molecule has 0 amide bonds. The molecule has 1 aromatic carbocycles. The van der Waals surface area contributed by atoms with E-state index in [0.717, 1.165) is 10.0 Å². The molecule has 0 saturated carbocycles. The first-order valence-corrected chi connectivity index (χ1v) is 8.03. The fourth-order valence-electron chi connectivity index (χ4n) is 1.97. The van der Waals surface area contributed by atoms with Gasteiger partial charge in [-0.05, 0) is 19.4 Å². The quantitative estimate of drug-likeness (QED) is 0.766. The fourth-order valence-corrected chi connectivity index (χ4v) is 4.96. The lowest BCUT2D eigenvalue weighted by Gasteiger charge is -2.19. The number of allylic oxidation sites excluding steroid dienone is 1. The summed E-state index contributed by atoms with van der Waals surface area (Å²) in [5.74, 6) is 0. The first-order chi connectivity index (χ1) is 8.39. The summed E-state index contributed by atoms with van der Waals surface area (Å²) in [6.07, 6.45) is 0.565. The van der Waals surface area contributed by atoms with E-state index < -0.39 is 13.2 Å². The predicted octanol–water partition coefficient (Wildman–Crippen LogP) is 4.48. The summed E-state index contributed by atoms with van der Waals surface area (Å²) in [7, 11) is -1.75. The molecule has 0 aliphatic carbocycles. The zero-order valence-electron chi connectivity index (χ0n) is 10.6. The minimum atomic E-state index is -3.17. The van der Waals surface area contributed by atoms with E-state index in [9.17, 15) is 4.57 Å². The van der Waals surface area contributed by atoms with Crippen LogP contribution in [0.5, 0.6) is 0 Å². The van der Waals surface area contributed by atoms with Gasteiger partial charge in [-0.15, -0.1) is 0 Å². The molecule has 3 nitrogen and oxygen atoms in total. The second kappa shape index (κ2) is 4.93. The maximum Gasteiger partial charge on any atom is 0.359 e. The van der Waals surface area contributed by atoms with Crippen LogP contribution in [0.1, 0.15) is 19.4 Å². The third kappa shape index (κ3) is 2.48. The Kier molecular flexibility index (Phi) is 3.84. The fraction of sp³-hybridized carbons (Fsp3) is 0.385. The van der Waals surface area contributed by atoms with Crippen LogP contribution in [0.2, 0.25) is 0 Å². The Morgan fingerprint density at radius 3 is 2.50 bits per heavy atom. The third-order valence-corrected chi connectivity index (χ3v) is 6.88. The monoisotopic (exact) mass is 330 g/mol. The summed E-state index contributed by atoms with van der Waals surface area (Å²) in [6.45, 7) is 3.75. The zero-order chi connectivity index (χ0) is 13.4. The molecular formula is C13H16BrO3P. The van der Waals surface area contributed by atoms with Crippen molar-refractivity contribution in [2.24, 2.45) is 0 Å². The van der Waals surface area contributed by atoms with Crippen molar-refractivity contribution in [1.82, 2.24) is 0 Å². The second-order valence-corrected chi connectivity index (χ2v) is 7.58. The van der Waals surface area contributed by atoms with Crippen LogP contribution in [-0.2, 0) is 20.0 Å². The van der Waals surface area contributed by atoms with Gasteiger partial charge in [-0.25, -0.2) is 0 Å². The van der Waals surface area contributed by atoms with E-state index in [1.807, 2.05) is 44.2 Å². The van der Waals surface area contributed by atoms with Gasteiger partial charge in [-0.2, -0.15) is 0 Å². The Bertz CT molecular complexity index is 522. The molecule has 1 aliphatic heterocycles. The number of hydrogen-bond acceptors (Lipinski definition) is 3. The van der Waals surface area contributed by atoms with Crippen LogP contribution >= 0.6 is 23.5 Å². The van der Waals surface area contributed by atoms with Crippen molar-refractivity contribution in [3.63, 3.8) is 0 Å². The summed E-state index contributed by atoms with van der Waals surface area (Å²) in [5, 5.41) is 0.709. The van der Waals surface area contributed by atoms with E-state index in [0.29, 0.717) is 11.7 Å². The Hall–Kier alpha value is -0.410. The molecular weight excluding hydrogens is 315 g/mol. The van der Waals surface area contributed by atoms with E-state index in [2.05, 4.69) is 15.9 Å². The van der Waals surface area contributed by atoms with E-state index in [1.54, 1.807) is 0 Å². The van der Waals surface area contributed by atoms with Gasteiger partial charge < -0.3 is 4.52 Å². The molecule has 1 aliphatic rings. The van der Waals surface area contributed by atoms with Gasteiger partial charge in [0.1, 0.15) is 5.60 Å². The van der Waals surface area contributed by atoms with Gasteiger partial charge in [-0.3, -0.25) is 9.09 Å². The van der Waals surface area contributed by atoms with Crippen LogP contribution in [-0.4, -0.2) is 12.7 Å². The minimum Gasteiger partial charge on any atom is -0.309 e. The molecule has 98 valence electrons. The highest BCUT2D eigenvalue weighted by molar-refractivity contribution is 9.11. The van der Waals surface area contributed by atoms with Crippen molar-refractivity contribution >= 4 is 23.5 Å². The highest BCUT2D eigenvalue weighted by atomic mass is 79.9. The van der Waals surface area contributed by atoms with E-state index in [1.165, 1.54) is 7.11 Å². The number of halogens is 1. The summed E-state index contributed by atoms with van der Waals surface area (Å²) in [5.41, 5.74) is 0.485. The Morgan fingerprint density at radius 2 is 1.94 bits per heavy atom. The number of rotatable bonds is 3. The van der Waals surface area contributed by atoms with Crippen LogP contribution in [0.15, 0.2) is 40.1 Å². The minimum absolute atomic E-state index is 0.565. The van der Waals surface area contributed by atoms with Gasteiger partial charge in [0.05, 0.1) is 5.31 Å². The average molecular weight is 331 g/mol. The third-order valence-electron chi connectivity index (χ3n) is 2.92. The number of hydrogen-bond donors (Lipinski definition) is 0. The maximum atomic E-state index is 12.6. The molecule has 0 spiro atoms. The summed E-state index contributed by atoms with van der Waals surface area (Å²) in [6, 6.07) is 9.88. The molecule has 0 radical (unpaired) electrons. The molecule has 5 heteroatoms. The van der Waals surface area contributed by atoms with Crippen molar-refractivity contribution in [2.45, 2.75) is 25.9 Å². The zero-order valence-corrected chi connectivity index (χ0v) is 13.1. The molecule has 0 saturated heterocycles. The van der Waals surface area contributed by atoms with Gasteiger partial charge in [0.15, 0.2) is 0 Å². The largest absolute Gasteiger partial charge is 0.359 e. The van der Waals surface area contributed by atoms with Crippen LogP contribution in [0.3, 0.4) is 0 Å². The Balaban J connectivity index is 2.40. The van der Waals surface area contributed by atoms with Crippen LogP contribution in [0, 0.1) is 0 Å². The van der Waals surface area contributed by atoms with Gasteiger partial charge in [0.2, 0.25) is 0 Å². The summed E-state index contributed by atoms with van der Waals surface area (Å²) < 4.78 is 24.2. The lowest BCUT2D eigenvalue weighted by atomic mass is 10.1. The SMILES string of the molecule is COP1(=O)OC(C)(C)C(Br)=C1Cc1ccccc1. The van der Waals surface area contributed by atoms with Crippen molar-refractivity contribution in [1.29, 1.82) is 0 Å². The topological polar surface area (TPSA) is 35.5 Å². The molecule has 1 heterocycles.